The van der Waals surface area contributed by atoms with Crippen molar-refractivity contribution < 1.29 is 9.53 Å². The van der Waals surface area contributed by atoms with Crippen molar-refractivity contribution in [2.75, 3.05) is 7.11 Å². The maximum Gasteiger partial charge on any atom is 0.271 e. The number of methoxy groups -OCH3 is 1. The quantitative estimate of drug-likeness (QED) is 0.774. The largest absolute Gasteiger partial charge is 0.497 e. The molecule has 6 heteroatoms. The number of amides is 1. The lowest BCUT2D eigenvalue weighted by atomic mass is 10.2. The SMILES string of the molecule is COc1ccc(-c2nc(C(=O)NCc3cccs3)cs2)cc1. The number of thiazole rings is 1. The van der Waals surface area contributed by atoms with Crippen LogP contribution in [0.1, 0.15) is 15.4 Å². The zero-order valence-electron chi connectivity index (χ0n) is 11.9. The van der Waals surface area contributed by atoms with Crippen LogP contribution in [-0.2, 0) is 6.54 Å². The molecule has 2 aromatic heterocycles. The van der Waals surface area contributed by atoms with Crippen LogP contribution in [0.4, 0.5) is 0 Å². The van der Waals surface area contributed by atoms with Gasteiger partial charge in [-0.25, -0.2) is 4.98 Å². The van der Waals surface area contributed by atoms with Crippen LogP contribution in [0.15, 0.2) is 47.2 Å². The maximum atomic E-state index is 12.1. The molecule has 112 valence electrons. The van der Waals surface area contributed by atoms with Gasteiger partial charge < -0.3 is 10.1 Å². The fourth-order valence-corrected chi connectivity index (χ4v) is 3.37. The van der Waals surface area contributed by atoms with Crippen molar-refractivity contribution >= 4 is 28.6 Å². The van der Waals surface area contributed by atoms with Crippen molar-refractivity contribution in [3.05, 3.63) is 57.7 Å². The van der Waals surface area contributed by atoms with E-state index in [2.05, 4.69) is 10.3 Å². The topological polar surface area (TPSA) is 51.2 Å². The van der Waals surface area contributed by atoms with Gasteiger partial charge in [0, 0.05) is 15.8 Å². The highest BCUT2D eigenvalue weighted by atomic mass is 32.1. The summed E-state index contributed by atoms with van der Waals surface area (Å²) in [5.74, 6) is 0.652. The van der Waals surface area contributed by atoms with Crippen LogP contribution in [0.25, 0.3) is 10.6 Å². The monoisotopic (exact) mass is 330 g/mol. The second-order valence-electron chi connectivity index (χ2n) is 4.53. The number of carbonyl (C=O) groups excluding carboxylic acids is 1. The van der Waals surface area contributed by atoms with Gasteiger partial charge in [0.1, 0.15) is 16.5 Å². The minimum absolute atomic E-state index is 0.149. The van der Waals surface area contributed by atoms with Crippen LogP contribution in [-0.4, -0.2) is 18.0 Å². The van der Waals surface area contributed by atoms with Crippen LogP contribution in [0, 0.1) is 0 Å². The molecule has 3 rings (SSSR count). The van der Waals surface area contributed by atoms with E-state index in [9.17, 15) is 4.79 Å². The Labute approximate surface area is 136 Å². The fraction of sp³-hybridized carbons (Fsp3) is 0.125. The molecule has 0 saturated heterocycles. The summed E-state index contributed by atoms with van der Waals surface area (Å²) in [4.78, 5) is 17.6. The molecule has 0 fully saturated rings. The lowest BCUT2D eigenvalue weighted by molar-refractivity contribution is 0.0947. The Hall–Kier alpha value is -2.18. The molecule has 3 aromatic rings. The van der Waals surface area contributed by atoms with Gasteiger partial charge in [-0.1, -0.05) is 6.07 Å². The molecule has 0 bridgehead atoms. The van der Waals surface area contributed by atoms with Gasteiger partial charge in [-0.3, -0.25) is 4.79 Å². The number of thiophene rings is 1. The summed E-state index contributed by atoms with van der Waals surface area (Å²) in [7, 11) is 1.63. The average Bonchev–Trinajstić information content (AvgIpc) is 3.24. The summed E-state index contributed by atoms with van der Waals surface area (Å²) >= 11 is 3.08. The Morgan fingerprint density at radius 3 is 2.73 bits per heavy atom. The third-order valence-corrected chi connectivity index (χ3v) is 4.84. The molecule has 0 aliphatic heterocycles. The van der Waals surface area contributed by atoms with Gasteiger partial charge in [-0.05, 0) is 35.7 Å². The predicted molar refractivity (Wildman–Crippen MR) is 89.6 cm³/mol. The van der Waals surface area contributed by atoms with Gasteiger partial charge in [0.15, 0.2) is 0 Å². The number of rotatable bonds is 5. The van der Waals surface area contributed by atoms with Crippen LogP contribution in [0.5, 0.6) is 5.75 Å². The standard InChI is InChI=1S/C16H14N2O2S2/c1-20-12-6-4-11(5-7-12)16-18-14(10-22-16)15(19)17-9-13-3-2-8-21-13/h2-8,10H,9H2,1H3,(H,17,19). The molecule has 2 heterocycles. The lowest BCUT2D eigenvalue weighted by Crippen LogP contribution is -2.22. The van der Waals surface area contributed by atoms with E-state index in [-0.39, 0.29) is 5.91 Å². The molecule has 0 atom stereocenters. The minimum atomic E-state index is -0.149. The molecule has 22 heavy (non-hydrogen) atoms. The number of hydrogen-bond acceptors (Lipinski definition) is 5. The summed E-state index contributed by atoms with van der Waals surface area (Å²) in [5, 5.41) is 7.48. The molecular formula is C16H14N2O2S2. The molecule has 0 aliphatic carbocycles. The van der Waals surface area contributed by atoms with Crippen molar-refractivity contribution in [1.29, 1.82) is 0 Å². The summed E-state index contributed by atoms with van der Waals surface area (Å²) in [6.45, 7) is 0.534. The summed E-state index contributed by atoms with van der Waals surface area (Å²) in [6.07, 6.45) is 0. The van der Waals surface area contributed by atoms with Crippen molar-refractivity contribution in [1.82, 2.24) is 10.3 Å². The predicted octanol–water partition coefficient (Wildman–Crippen LogP) is 3.81. The number of benzene rings is 1. The van der Waals surface area contributed by atoms with Crippen LogP contribution in [0.2, 0.25) is 0 Å². The Bertz CT molecular complexity index is 749. The second kappa shape index (κ2) is 6.72. The molecule has 4 nitrogen and oxygen atoms in total. The van der Waals surface area contributed by atoms with Crippen molar-refractivity contribution in [3.63, 3.8) is 0 Å². The Morgan fingerprint density at radius 1 is 1.23 bits per heavy atom. The molecular weight excluding hydrogens is 316 g/mol. The zero-order chi connectivity index (χ0) is 15.4. The van der Waals surface area contributed by atoms with E-state index < -0.39 is 0 Å². The van der Waals surface area contributed by atoms with Gasteiger partial charge in [-0.2, -0.15) is 0 Å². The minimum Gasteiger partial charge on any atom is -0.497 e. The Morgan fingerprint density at radius 2 is 2.05 bits per heavy atom. The van der Waals surface area contributed by atoms with Crippen molar-refractivity contribution in [3.8, 4) is 16.3 Å². The Kier molecular flexibility index (Phi) is 4.50. The van der Waals surface area contributed by atoms with Crippen LogP contribution >= 0.6 is 22.7 Å². The second-order valence-corrected chi connectivity index (χ2v) is 6.42. The van der Waals surface area contributed by atoms with E-state index in [1.807, 2.05) is 41.8 Å². The first-order valence-electron chi connectivity index (χ1n) is 6.67. The van der Waals surface area contributed by atoms with Gasteiger partial charge in [-0.15, -0.1) is 22.7 Å². The number of nitrogens with zero attached hydrogens (tertiary/aromatic N) is 1. The summed E-state index contributed by atoms with van der Waals surface area (Å²) in [5.41, 5.74) is 1.43. The van der Waals surface area contributed by atoms with E-state index in [0.29, 0.717) is 12.2 Å². The fourth-order valence-electron chi connectivity index (χ4n) is 1.92. The highest BCUT2D eigenvalue weighted by Crippen LogP contribution is 2.25. The third kappa shape index (κ3) is 3.35. The molecule has 0 aliphatic rings. The maximum absolute atomic E-state index is 12.1. The number of carbonyl (C=O) groups is 1. The first kappa shape index (κ1) is 14.7. The Balaban J connectivity index is 1.68. The van der Waals surface area contributed by atoms with E-state index in [4.69, 9.17) is 4.74 Å². The zero-order valence-corrected chi connectivity index (χ0v) is 13.5. The van der Waals surface area contributed by atoms with Gasteiger partial charge in [0.2, 0.25) is 0 Å². The van der Waals surface area contributed by atoms with E-state index in [1.54, 1.807) is 23.8 Å². The first-order chi connectivity index (χ1) is 10.8. The van der Waals surface area contributed by atoms with Crippen LogP contribution < -0.4 is 10.1 Å². The highest BCUT2D eigenvalue weighted by molar-refractivity contribution is 7.13. The summed E-state index contributed by atoms with van der Waals surface area (Å²) in [6, 6.07) is 11.6. The first-order valence-corrected chi connectivity index (χ1v) is 8.43. The number of aromatic nitrogens is 1. The molecule has 1 amide bonds. The van der Waals surface area contributed by atoms with E-state index in [1.165, 1.54) is 11.3 Å². The van der Waals surface area contributed by atoms with Crippen molar-refractivity contribution in [2.24, 2.45) is 0 Å². The molecule has 1 aromatic carbocycles. The smallest absolute Gasteiger partial charge is 0.271 e. The lowest BCUT2D eigenvalue weighted by Gasteiger charge is -2.01. The van der Waals surface area contributed by atoms with E-state index >= 15 is 0 Å². The molecule has 0 saturated carbocycles. The van der Waals surface area contributed by atoms with E-state index in [0.717, 1.165) is 21.2 Å². The van der Waals surface area contributed by atoms with Crippen molar-refractivity contribution in [2.45, 2.75) is 6.54 Å². The third-order valence-electron chi connectivity index (χ3n) is 3.08. The van der Waals surface area contributed by atoms with Gasteiger partial charge in [0.25, 0.3) is 5.91 Å². The van der Waals surface area contributed by atoms with Gasteiger partial charge >= 0.3 is 0 Å². The van der Waals surface area contributed by atoms with Crippen LogP contribution in [0.3, 0.4) is 0 Å². The summed E-state index contributed by atoms with van der Waals surface area (Å²) < 4.78 is 5.14. The molecule has 0 spiro atoms. The number of ether oxygens (including phenoxy) is 1. The van der Waals surface area contributed by atoms with Gasteiger partial charge in [0.05, 0.1) is 13.7 Å². The molecule has 0 unspecified atom stereocenters. The molecule has 0 radical (unpaired) electrons. The number of hydrogen-bond donors (Lipinski definition) is 1. The average molecular weight is 330 g/mol. The highest BCUT2D eigenvalue weighted by Gasteiger charge is 2.11. The normalized spacial score (nSPS) is 10.4. The molecule has 1 N–H and O–H groups in total. The number of nitrogens with one attached hydrogen (secondary N) is 1.